The number of carbonyl (C=O) groups is 1. The molecule has 1 aromatic carbocycles. The lowest BCUT2D eigenvalue weighted by Crippen LogP contribution is -3.16. The van der Waals surface area contributed by atoms with Gasteiger partial charge >= 0.3 is 0 Å². The van der Waals surface area contributed by atoms with E-state index in [-0.39, 0.29) is 5.91 Å². The van der Waals surface area contributed by atoms with Gasteiger partial charge in [0.2, 0.25) is 0 Å². The van der Waals surface area contributed by atoms with Crippen LogP contribution in [0.15, 0.2) is 34.9 Å². The first-order valence-corrected chi connectivity index (χ1v) is 10.9. The predicted octanol–water partition coefficient (Wildman–Crippen LogP) is -1.38. The summed E-state index contributed by atoms with van der Waals surface area (Å²) in [5, 5.41) is 4.09. The highest BCUT2D eigenvalue weighted by Crippen LogP contribution is 2.27. The normalized spacial score (nSPS) is 18.6. The minimum atomic E-state index is 0.284. The fraction of sp³-hybridized carbons (Fsp3) is 0.545. The Labute approximate surface area is 178 Å². The van der Waals surface area contributed by atoms with Crippen molar-refractivity contribution in [3.05, 3.63) is 41.8 Å². The lowest BCUT2D eigenvalue weighted by atomic mass is 10.2. The maximum atomic E-state index is 12.8. The molecule has 30 heavy (non-hydrogen) atoms. The first kappa shape index (κ1) is 20.7. The first-order valence-electron chi connectivity index (χ1n) is 10.9. The monoisotopic (exact) mass is 415 g/mol. The Kier molecular flexibility index (Phi) is 6.54. The van der Waals surface area contributed by atoms with Crippen LogP contribution in [0.1, 0.15) is 11.5 Å². The van der Waals surface area contributed by atoms with E-state index >= 15 is 0 Å². The highest BCUT2D eigenvalue weighted by atomic mass is 16.5. The minimum Gasteiger partial charge on any atom is -0.495 e. The molecule has 2 aliphatic rings. The van der Waals surface area contributed by atoms with Gasteiger partial charge in [-0.05, 0) is 19.1 Å². The van der Waals surface area contributed by atoms with Crippen LogP contribution < -0.4 is 19.4 Å². The van der Waals surface area contributed by atoms with E-state index in [0.717, 1.165) is 81.8 Å². The summed E-state index contributed by atoms with van der Waals surface area (Å²) in [5.41, 5.74) is 2.14. The van der Waals surface area contributed by atoms with Crippen molar-refractivity contribution in [2.75, 3.05) is 70.9 Å². The maximum absolute atomic E-state index is 12.8. The van der Waals surface area contributed by atoms with Crippen LogP contribution in [0.5, 0.6) is 5.75 Å². The molecule has 8 heteroatoms. The second-order valence-electron chi connectivity index (χ2n) is 8.32. The summed E-state index contributed by atoms with van der Waals surface area (Å²) in [6.45, 7) is 10.8. The molecule has 4 rings (SSSR count). The summed E-state index contributed by atoms with van der Waals surface area (Å²) >= 11 is 0. The van der Waals surface area contributed by atoms with Gasteiger partial charge in [-0.2, -0.15) is 0 Å². The molecule has 2 aromatic rings. The number of amides is 1. The molecule has 2 N–H and O–H groups in total. The third kappa shape index (κ3) is 4.94. The Morgan fingerprint density at radius 3 is 2.47 bits per heavy atom. The fourth-order valence-corrected chi connectivity index (χ4v) is 4.46. The van der Waals surface area contributed by atoms with Gasteiger partial charge in [0.1, 0.15) is 23.7 Å². The number of quaternary nitrogens is 2. The van der Waals surface area contributed by atoms with Crippen molar-refractivity contribution < 1.29 is 23.9 Å². The van der Waals surface area contributed by atoms with Gasteiger partial charge in [-0.3, -0.25) is 4.79 Å². The Morgan fingerprint density at radius 2 is 1.80 bits per heavy atom. The SMILES string of the molecule is COc1ccccc1N1CC[NH+](CC(=O)N2CC[NH+](Cc3cc(C)on3)CC2)CC1. The molecule has 0 radical (unpaired) electrons. The molecule has 0 atom stereocenters. The molecule has 2 fully saturated rings. The van der Waals surface area contributed by atoms with E-state index in [1.165, 1.54) is 9.80 Å². The molecule has 1 aromatic heterocycles. The average Bonchev–Trinajstić information content (AvgIpc) is 3.19. The van der Waals surface area contributed by atoms with Crippen LogP contribution in [0, 0.1) is 6.92 Å². The number of benzene rings is 1. The van der Waals surface area contributed by atoms with Gasteiger partial charge in [-0.1, -0.05) is 17.3 Å². The van der Waals surface area contributed by atoms with Gasteiger partial charge < -0.3 is 28.9 Å². The van der Waals surface area contributed by atoms with Crippen molar-refractivity contribution in [2.45, 2.75) is 13.5 Å². The molecule has 2 aliphatic heterocycles. The van der Waals surface area contributed by atoms with Crippen LogP contribution in [-0.4, -0.2) is 82.0 Å². The van der Waals surface area contributed by atoms with E-state index in [2.05, 4.69) is 16.1 Å². The largest absolute Gasteiger partial charge is 0.495 e. The standard InChI is InChI=1S/C22H31N5O3/c1-18-15-19(23-30-18)16-24-9-13-27(14-10-24)22(28)17-25-7-11-26(12-8-25)20-5-3-4-6-21(20)29-2/h3-6,15H,7-14,16-17H2,1-2H3/p+2. The Balaban J connectivity index is 1.21. The van der Waals surface area contributed by atoms with Gasteiger partial charge in [0, 0.05) is 6.07 Å². The second-order valence-corrected chi connectivity index (χ2v) is 8.32. The van der Waals surface area contributed by atoms with Crippen LogP contribution in [0.2, 0.25) is 0 Å². The number of nitrogens with zero attached hydrogens (tertiary/aromatic N) is 3. The molecular weight excluding hydrogens is 382 g/mol. The highest BCUT2D eigenvalue weighted by molar-refractivity contribution is 5.77. The van der Waals surface area contributed by atoms with E-state index in [0.29, 0.717) is 6.54 Å². The van der Waals surface area contributed by atoms with Gasteiger partial charge in [-0.25, -0.2) is 0 Å². The van der Waals surface area contributed by atoms with Crippen molar-refractivity contribution in [2.24, 2.45) is 0 Å². The number of nitrogens with one attached hydrogen (secondary N) is 2. The number of para-hydroxylation sites is 2. The van der Waals surface area contributed by atoms with E-state index in [1.54, 1.807) is 7.11 Å². The van der Waals surface area contributed by atoms with E-state index in [9.17, 15) is 4.79 Å². The van der Waals surface area contributed by atoms with E-state index in [4.69, 9.17) is 9.26 Å². The zero-order valence-electron chi connectivity index (χ0n) is 18.0. The lowest BCUT2D eigenvalue weighted by molar-refractivity contribution is -0.918. The summed E-state index contributed by atoms with van der Waals surface area (Å²) in [4.78, 5) is 20.1. The number of anilines is 1. The molecule has 0 aliphatic carbocycles. The van der Waals surface area contributed by atoms with Gasteiger partial charge in [-0.15, -0.1) is 0 Å². The summed E-state index contributed by atoms with van der Waals surface area (Å²) in [6.07, 6.45) is 0. The van der Waals surface area contributed by atoms with Crippen LogP contribution in [0.25, 0.3) is 0 Å². The Hall–Kier alpha value is -2.58. The van der Waals surface area contributed by atoms with Gasteiger partial charge in [0.05, 0.1) is 65.2 Å². The van der Waals surface area contributed by atoms with Crippen molar-refractivity contribution in [1.29, 1.82) is 0 Å². The van der Waals surface area contributed by atoms with E-state index in [1.807, 2.05) is 36.1 Å². The molecule has 3 heterocycles. The molecule has 1 amide bonds. The quantitative estimate of drug-likeness (QED) is 0.609. The van der Waals surface area contributed by atoms with E-state index < -0.39 is 0 Å². The number of carbonyl (C=O) groups excluding carboxylic acids is 1. The number of hydrogen-bond donors (Lipinski definition) is 2. The minimum absolute atomic E-state index is 0.284. The van der Waals surface area contributed by atoms with Crippen LogP contribution in [0.3, 0.4) is 0 Å². The zero-order valence-corrected chi connectivity index (χ0v) is 18.0. The molecule has 0 bridgehead atoms. The van der Waals surface area contributed by atoms with Crippen molar-refractivity contribution in [3.8, 4) is 5.75 Å². The number of piperazine rings is 2. The molecule has 8 nitrogen and oxygen atoms in total. The molecule has 0 saturated carbocycles. The molecule has 0 spiro atoms. The third-order valence-electron chi connectivity index (χ3n) is 6.23. The summed E-state index contributed by atoms with van der Waals surface area (Å²) in [6, 6.07) is 10.2. The second kappa shape index (κ2) is 9.49. The molecule has 0 unspecified atom stereocenters. The van der Waals surface area contributed by atoms with Crippen molar-refractivity contribution in [3.63, 3.8) is 0 Å². The number of hydrogen-bond acceptors (Lipinski definition) is 5. The molecular formula is C22H33N5O3+2. The number of rotatable bonds is 6. The summed E-state index contributed by atoms with van der Waals surface area (Å²) < 4.78 is 10.7. The van der Waals surface area contributed by atoms with Crippen LogP contribution >= 0.6 is 0 Å². The number of ether oxygens (including phenoxy) is 1. The highest BCUT2D eigenvalue weighted by Gasteiger charge is 2.29. The van der Waals surface area contributed by atoms with Crippen LogP contribution in [-0.2, 0) is 11.3 Å². The Bertz CT molecular complexity index is 839. The summed E-state index contributed by atoms with van der Waals surface area (Å²) in [5.74, 6) is 2.05. The molecule has 162 valence electrons. The number of aryl methyl sites for hydroxylation is 1. The maximum Gasteiger partial charge on any atom is 0.278 e. The third-order valence-corrected chi connectivity index (χ3v) is 6.23. The van der Waals surface area contributed by atoms with Crippen LogP contribution in [0.4, 0.5) is 5.69 Å². The Morgan fingerprint density at radius 1 is 1.10 bits per heavy atom. The summed E-state index contributed by atoms with van der Waals surface area (Å²) in [7, 11) is 1.72. The fourth-order valence-electron chi connectivity index (χ4n) is 4.46. The average molecular weight is 416 g/mol. The predicted molar refractivity (Wildman–Crippen MR) is 113 cm³/mol. The van der Waals surface area contributed by atoms with Crippen molar-refractivity contribution in [1.82, 2.24) is 10.1 Å². The lowest BCUT2D eigenvalue weighted by Gasteiger charge is -2.36. The smallest absolute Gasteiger partial charge is 0.278 e. The zero-order chi connectivity index (χ0) is 20.9. The van der Waals surface area contributed by atoms with Crippen molar-refractivity contribution >= 4 is 11.6 Å². The number of methoxy groups -OCH3 is 1. The van der Waals surface area contributed by atoms with Gasteiger partial charge in [0.25, 0.3) is 5.91 Å². The van der Waals surface area contributed by atoms with Gasteiger partial charge in [0.15, 0.2) is 6.54 Å². The number of aromatic nitrogens is 1. The topological polar surface area (TPSA) is 67.7 Å². The first-order chi connectivity index (χ1) is 14.6. The molecule has 2 saturated heterocycles.